The molecule has 2 heterocycles. The van der Waals surface area contributed by atoms with Gasteiger partial charge in [-0.25, -0.2) is 0 Å². The SMILES string of the molecule is COCc1cc([N+](=O)[O-])ccc1N1CCOC(c2ccco2)C1. The van der Waals surface area contributed by atoms with Gasteiger partial charge in [0.25, 0.3) is 5.69 Å². The molecule has 1 atom stereocenters. The van der Waals surface area contributed by atoms with Crippen molar-refractivity contribution in [3.63, 3.8) is 0 Å². The Morgan fingerprint density at radius 3 is 3.00 bits per heavy atom. The average Bonchev–Trinajstić information content (AvgIpc) is 3.10. The predicted molar refractivity (Wildman–Crippen MR) is 83.4 cm³/mol. The van der Waals surface area contributed by atoms with Crippen molar-refractivity contribution in [2.24, 2.45) is 0 Å². The first kappa shape index (κ1) is 15.5. The number of nitro groups is 1. The van der Waals surface area contributed by atoms with Gasteiger partial charge in [-0.2, -0.15) is 0 Å². The molecule has 2 aromatic rings. The number of nitrogens with zero attached hydrogens (tertiary/aromatic N) is 2. The van der Waals surface area contributed by atoms with Gasteiger partial charge in [0.05, 0.1) is 30.9 Å². The number of methoxy groups -OCH3 is 1. The second-order valence-electron chi connectivity index (χ2n) is 5.32. The van der Waals surface area contributed by atoms with Gasteiger partial charge >= 0.3 is 0 Å². The van der Waals surface area contributed by atoms with Gasteiger partial charge in [0.1, 0.15) is 11.9 Å². The maximum Gasteiger partial charge on any atom is 0.269 e. The summed E-state index contributed by atoms with van der Waals surface area (Å²) < 4.78 is 16.4. The fourth-order valence-corrected chi connectivity index (χ4v) is 2.78. The van der Waals surface area contributed by atoms with Crippen LogP contribution < -0.4 is 4.90 Å². The first-order valence-corrected chi connectivity index (χ1v) is 7.35. The summed E-state index contributed by atoms with van der Waals surface area (Å²) in [5, 5.41) is 11.0. The first-order valence-electron chi connectivity index (χ1n) is 7.35. The molecule has 0 amide bonds. The van der Waals surface area contributed by atoms with Gasteiger partial charge in [-0.05, 0) is 18.2 Å². The third-order valence-electron chi connectivity index (χ3n) is 3.84. The van der Waals surface area contributed by atoms with Crippen LogP contribution in [0.5, 0.6) is 0 Å². The molecule has 0 bridgehead atoms. The van der Waals surface area contributed by atoms with E-state index >= 15 is 0 Å². The van der Waals surface area contributed by atoms with Gasteiger partial charge < -0.3 is 18.8 Å². The molecule has 1 saturated heterocycles. The Balaban J connectivity index is 1.86. The molecule has 1 aliphatic heterocycles. The summed E-state index contributed by atoms with van der Waals surface area (Å²) in [6.45, 7) is 2.22. The zero-order chi connectivity index (χ0) is 16.2. The number of morpholine rings is 1. The molecule has 0 radical (unpaired) electrons. The Labute approximate surface area is 133 Å². The first-order chi connectivity index (χ1) is 11.2. The van der Waals surface area contributed by atoms with Gasteiger partial charge in [-0.1, -0.05) is 0 Å². The van der Waals surface area contributed by atoms with E-state index in [9.17, 15) is 10.1 Å². The number of hydrogen-bond acceptors (Lipinski definition) is 6. The normalized spacial score (nSPS) is 18.1. The molecule has 23 heavy (non-hydrogen) atoms. The van der Waals surface area contributed by atoms with E-state index in [2.05, 4.69) is 4.90 Å². The van der Waals surface area contributed by atoms with Gasteiger partial charge in [0.15, 0.2) is 0 Å². The van der Waals surface area contributed by atoms with Crippen LogP contribution in [0.15, 0.2) is 41.0 Å². The van der Waals surface area contributed by atoms with Crippen molar-refractivity contribution < 1.29 is 18.8 Å². The number of hydrogen-bond donors (Lipinski definition) is 0. The Kier molecular flexibility index (Phi) is 4.59. The van der Waals surface area contributed by atoms with Gasteiger partial charge in [0.2, 0.25) is 0 Å². The number of nitro benzene ring substituents is 1. The Morgan fingerprint density at radius 1 is 1.43 bits per heavy atom. The van der Waals surface area contributed by atoms with Gasteiger partial charge in [0, 0.05) is 37.0 Å². The molecule has 0 aliphatic carbocycles. The lowest BCUT2D eigenvalue weighted by molar-refractivity contribution is -0.384. The van der Waals surface area contributed by atoms with Crippen molar-refractivity contribution in [1.82, 2.24) is 0 Å². The van der Waals surface area contributed by atoms with Crippen LogP contribution in [0.1, 0.15) is 17.4 Å². The quantitative estimate of drug-likeness (QED) is 0.623. The summed E-state index contributed by atoms with van der Waals surface area (Å²) in [5.41, 5.74) is 1.79. The van der Waals surface area contributed by atoms with E-state index in [-0.39, 0.29) is 11.8 Å². The highest BCUT2D eigenvalue weighted by atomic mass is 16.6. The molecule has 1 unspecified atom stereocenters. The molecule has 7 heteroatoms. The highest BCUT2D eigenvalue weighted by Gasteiger charge is 2.26. The second-order valence-corrected chi connectivity index (χ2v) is 5.32. The number of benzene rings is 1. The maximum atomic E-state index is 11.0. The van der Waals surface area contributed by atoms with E-state index < -0.39 is 4.92 Å². The minimum atomic E-state index is -0.395. The van der Waals surface area contributed by atoms with Gasteiger partial charge in [-0.3, -0.25) is 10.1 Å². The summed E-state index contributed by atoms with van der Waals surface area (Å²) in [7, 11) is 1.58. The third-order valence-corrected chi connectivity index (χ3v) is 3.84. The Bertz CT molecular complexity index is 671. The molecule has 7 nitrogen and oxygen atoms in total. The lowest BCUT2D eigenvalue weighted by atomic mass is 10.1. The van der Waals surface area contributed by atoms with E-state index in [0.717, 1.165) is 17.0 Å². The maximum absolute atomic E-state index is 11.0. The molecule has 1 aromatic carbocycles. The van der Waals surface area contributed by atoms with E-state index in [1.807, 2.05) is 12.1 Å². The van der Waals surface area contributed by atoms with E-state index in [4.69, 9.17) is 13.9 Å². The van der Waals surface area contributed by atoms with E-state index in [1.165, 1.54) is 6.07 Å². The van der Waals surface area contributed by atoms with Crippen molar-refractivity contribution in [2.45, 2.75) is 12.7 Å². The molecule has 122 valence electrons. The zero-order valence-corrected chi connectivity index (χ0v) is 12.8. The Hall–Kier alpha value is -2.38. The van der Waals surface area contributed by atoms with Crippen molar-refractivity contribution in [3.05, 3.63) is 58.0 Å². The van der Waals surface area contributed by atoms with Crippen molar-refractivity contribution >= 4 is 11.4 Å². The van der Waals surface area contributed by atoms with Crippen LogP contribution in [0.3, 0.4) is 0 Å². The monoisotopic (exact) mass is 318 g/mol. The minimum Gasteiger partial charge on any atom is -0.467 e. The van der Waals surface area contributed by atoms with E-state index in [0.29, 0.717) is 26.3 Å². The number of ether oxygens (including phenoxy) is 2. The van der Waals surface area contributed by atoms with Crippen molar-refractivity contribution in [1.29, 1.82) is 0 Å². The second kappa shape index (κ2) is 6.80. The fraction of sp³-hybridized carbons (Fsp3) is 0.375. The number of furan rings is 1. The van der Waals surface area contributed by atoms with Gasteiger partial charge in [-0.15, -0.1) is 0 Å². The highest BCUT2D eigenvalue weighted by Crippen LogP contribution is 2.31. The molecule has 0 spiro atoms. The van der Waals surface area contributed by atoms with E-state index in [1.54, 1.807) is 25.5 Å². The smallest absolute Gasteiger partial charge is 0.269 e. The number of anilines is 1. The number of non-ortho nitro benzene ring substituents is 1. The number of rotatable bonds is 5. The third kappa shape index (κ3) is 3.35. The molecular weight excluding hydrogens is 300 g/mol. The Morgan fingerprint density at radius 2 is 2.30 bits per heavy atom. The van der Waals surface area contributed by atoms with Crippen LogP contribution in [0.2, 0.25) is 0 Å². The lowest BCUT2D eigenvalue weighted by Crippen LogP contribution is -2.38. The van der Waals surface area contributed by atoms with Crippen LogP contribution >= 0.6 is 0 Å². The molecule has 0 saturated carbocycles. The minimum absolute atomic E-state index is 0.0663. The molecule has 1 fully saturated rings. The highest BCUT2D eigenvalue weighted by molar-refractivity contribution is 5.58. The largest absolute Gasteiger partial charge is 0.467 e. The summed E-state index contributed by atoms with van der Waals surface area (Å²) >= 11 is 0. The molecular formula is C16H18N2O5. The summed E-state index contributed by atoms with van der Waals surface area (Å²) in [5.74, 6) is 0.782. The molecule has 1 aromatic heterocycles. The standard InChI is InChI=1S/C16H18N2O5/c1-21-11-12-9-13(18(19)20)4-5-14(12)17-6-8-23-16(10-17)15-3-2-7-22-15/h2-5,7,9,16H,6,8,10-11H2,1H3. The lowest BCUT2D eigenvalue weighted by Gasteiger charge is -2.34. The summed E-state index contributed by atoms with van der Waals surface area (Å²) in [6, 6.07) is 8.58. The topological polar surface area (TPSA) is 78.0 Å². The van der Waals surface area contributed by atoms with Crippen LogP contribution in [0, 0.1) is 10.1 Å². The van der Waals surface area contributed by atoms with Crippen LogP contribution in [0.25, 0.3) is 0 Å². The zero-order valence-electron chi connectivity index (χ0n) is 12.8. The fourth-order valence-electron chi connectivity index (χ4n) is 2.78. The van der Waals surface area contributed by atoms with Crippen LogP contribution in [-0.2, 0) is 16.1 Å². The average molecular weight is 318 g/mol. The summed E-state index contributed by atoms with van der Waals surface area (Å²) in [6.07, 6.45) is 1.48. The summed E-state index contributed by atoms with van der Waals surface area (Å²) in [4.78, 5) is 12.7. The van der Waals surface area contributed by atoms with Crippen LogP contribution in [0.4, 0.5) is 11.4 Å². The van der Waals surface area contributed by atoms with Crippen LogP contribution in [-0.4, -0.2) is 31.7 Å². The molecule has 1 aliphatic rings. The predicted octanol–water partition coefficient (Wildman–Crippen LogP) is 2.91. The molecule has 0 N–H and O–H groups in total. The van der Waals surface area contributed by atoms with Crippen molar-refractivity contribution in [2.75, 3.05) is 31.7 Å². The molecule has 3 rings (SSSR count). The van der Waals surface area contributed by atoms with Crippen molar-refractivity contribution in [3.8, 4) is 0 Å².